The van der Waals surface area contributed by atoms with E-state index in [1.807, 2.05) is 88.3 Å². The molecule has 1 heterocycles. The lowest BCUT2D eigenvalue weighted by atomic mass is 10.1. The highest BCUT2D eigenvalue weighted by Gasteiger charge is 2.07. The van der Waals surface area contributed by atoms with E-state index in [0.717, 1.165) is 34.0 Å². The summed E-state index contributed by atoms with van der Waals surface area (Å²) in [6, 6.07) is 14.9. The Hall–Kier alpha value is -3.61. The Bertz CT molecular complexity index is 1010. The van der Waals surface area contributed by atoms with E-state index >= 15 is 0 Å². The molecule has 0 aliphatic carbocycles. The Kier molecular flexibility index (Phi) is 5.97. The minimum absolute atomic E-state index is 0.281. The number of rotatable bonds is 5. The molecule has 0 saturated carbocycles. The molecule has 29 heavy (non-hydrogen) atoms. The Morgan fingerprint density at radius 3 is 2.28 bits per heavy atom. The van der Waals surface area contributed by atoms with Gasteiger partial charge in [-0.3, -0.25) is 0 Å². The van der Waals surface area contributed by atoms with E-state index in [2.05, 4.69) is 25.9 Å². The molecule has 0 bridgehead atoms. The van der Waals surface area contributed by atoms with Crippen LogP contribution in [-0.4, -0.2) is 30.1 Å². The molecule has 0 unspecified atom stereocenters. The van der Waals surface area contributed by atoms with Crippen molar-refractivity contribution in [3.05, 3.63) is 65.4 Å². The van der Waals surface area contributed by atoms with Crippen LogP contribution in [0.4, 0.5) is 33.6 Å². The van der Waals surface area contributed by atoms with E-state index in [1.54, 1.807) is 0 Å². The molecule has 0 spiro atoms. The number of hydrogen-bond donors (Lipinski definition) is 3. The third-order valence-electron chi connectivity index (χ3n) is 4.55. The topological polar surface area (TPSA) is 82.2 Å². The van der Waals surface area contributed by atoms with Crippen LogP contribution in [-0.2, 0) is 0 Å². The van der Waals surface area contributed by atoms with Crippen LogP contribution < -0.4 is 20.9 Å². The molecule has 0 aliphatic heterocycles. The average Bonchev–Trinajstić information content (AvgIpc) is 2.66. The molecule has 0 atom stereocenters. The number of hydrogen-bond acceptors (Lipinski definition) is 5. The minimum atomic E-state index is -0.281. The third-order valence-corrected chi connectivity index (χ3v) is 4.55. The van der Waals surface area contributed by atoms with Gasteiger partial charge >= 0.3 is 6.03 Å². The van der Waals surface area contributed by atoms with Gasteiger partial charge in [0.05, 0.1) is 0 Å². The van der Waals surface area contributed by atoms with Crippen LogP contribution >= 0.6 is 0 Å². The van der Waals surface area contributed by atoms with Gasteiger partial charge in [0.2, 0.25) is 5.95 Å². The molecule has 3 aromatic rings. The lowest BCUT2D eigenvalue weighted by Gasteiger charge is -2.14. The van der Waals surface area contributed by atoms with Crippen molar-refractivity contribution in [1.29, 1.82) is 0 Å². The first-order valence-electron chi connectivity index (χ1n) is 9.36. The second-order valence-corrected chi connectivity index (χ2v) is 7.11. The number of aryl methyl sites for hydroxylation is 2. The Balaban J connectivity index is 1.64. The molecule has 7 nitrogen and oxygen atoms in total. The van der Waals surface area contributed by atoms with E-state index in [-0.39, 0.29) is 6.03 Å². The number of anilines is 5. The number of amides is 2. The molecule has 3 rings (SSSR count). The zero-order chi connectivity index (χ0) is 21.0. The SMILES string of the molecule is Cc1cc(N(C)C)nc(Nc2ccc(NC(=O)Nc3cccc(C)c3C)cc2)n1. The molecule has 0 fully saturated rings. The maximum absolute atomic E-state index is 12.3. The van der Waals surface area contributed by atoms with Crippen LogP contribution in [0.3, 0.4) is 0 Å². The Morgan fingerprint density at radius 1 is 0.897 bits per heavy atom. The van der Waals surface area contributed by atoms with Gasteiger partial charge in [0.25, 0.3) is 0 Å². The van der Waals surface area contributed by atoms with Crippen molar-refractivity contribution in [2.75, 3.05) is 34.9 Å². The maximum Gasteiger partial charge on any atom is 0.323 e. The fraction of sp³-hybridized carbons (Fsp3) is 0.227. The van der Waals surface area contributed by atoms with Crippen molar-refractivity contribution in [2.24, 2.45) is 0 Å². The molecule has 7 heteroatoms. The van der Waals surface area contributed by atoms with Crippen molar-refractivity contribution < 1.29 is 4.79 Å². The van der Waals surface area contributed by atoms with Gasteiger partial charge < -0.3 is 20.9 Å². The van der Waals surface area contributed by atoms with Crippen molar-refractivity contribution in [3.63, 3.8) is 0 Å². The van der Waals surface area contributed by atoms with Crippen molar-refractivity contribution in [3.8, 4) is 0 Å². The molecule has 3 N–H and O–H groups in total. The summed E-state index contributed by atoms with van der Waals surface area (Å²) >= 11 is 0. The highest BCUT2D eigenvalue weighted by atomic mass is 16.2. The zero-order valence-electron chi connectivity index (χ0n) is 17.4. The van der Waals surface area contributed by atoms with Crippen molar-refractivity contribution in [2.45, 2.75) is 20.8 Å². The van der Waals surface area contributed by atoms with Gasteiger partial charge in [0.1, 0.15) is 5.82 Å². The van der Waals surface area contributed by atoms with Gasteiger partial charge in [-0.2, -0.15) is 4.98 Å². The van der Waals surface area contributed by atoms with Gasteiger partial charge in [-0.1, -0.05) is 12.1 Å². The fourth-order valence-electron chi connectivity index (χ4n) is 2.77. The molecular formula is C22H26N6O. The monoisotopic (exact) mass is 390 g/mol. The highest BCUT2D eigenvalue weighted by Crippen LogP contribution is 2.21. The summed E-state index contributed by atoms with van der Waals surface area (Å²) in [6.45, 7) is 5.94. The fourth-order valence-corrected chi connectivity index (χ4v) is 2.77. The smallest absolute Gasteiger partial charge is 0.323 e. The average molecular weight is 390 g/mol. The summed E-state index contributed by atoms with van der Waals surface area (Å²) in [5.41, 5.74) is 5.39. The lowest BCUT2D eigenvalue weighted by molar-refractivity contribution is 0.262. The van der Waals surface area contributed by atoms with Crippen LogP contribution in [0.2, 0.25) is 0 Å². The second kappa shape index (κ2) is 8.60. The quantitative estimate of drug-likeness (QED) is 0.580. The summed E-state index contributed by atoms with van der Waals surface area (Å²) in [7, 11) is 3.88. The largest absolute Gasteiger partial charge is 0.363 e. The first-order valence-corrected chi connectivity index (χ1v) is 9.36. The molecule has 0 saturated heterocycles. The molecule has 2 amide bonds. The van der Waals surface area contributed by atoms with Crippen LogP contribution in [0.5, 0.6) is 0 Å². The molecule has 0 radical (unpaired) electrons. The summed E-state index contributed by atoms with van der Waals surface area (Å²) in [6.07, 6.45) is 0. The zero-order valence-corrected chi connectivity index (χ0v) is 17.4. The predicted octanol–water partition coefficient (Wildman–Crippen LogP) is 4.86. The van der Waals surface area contributed by atoms with Crippen LogP contribution in [0.1, 0.15) is 16.8 Å². The van der Waals surface area contributed by atoms with E-state index in [1.165, 1.54) is 0 Å². The summed E-state index contributed by atoms with van der Waals surface area (Å²) in [5.74, 6) is 1.36. The maximum atomic E-state index is 12.3. The third kappa shape index (κ3) is 5.22. The number of benzene rings is 2. The predicted molar refractivity (Wildman–Crippen MR) is 119 cm³/mol. The van der Waals surface area contributed by atoms with E-state index in [4.69, 9.17) is 0 Å². The van der Waals surface area contributed by atoms with Crippen molar-refractivity contribution >= 4 is 34.9 Å². The van der Waals surface area contributed by atoms with Gasteiger partial charge in [-0.05, 0) is 62.2 Å². The normalized spacial score (nSPS) is 10.4. The van der Waals surface area contributed by atoms with E-state index in [9.17, 15) is 4.79 Å². The van der Waals surface area contributed by atoms with Gasteiger partial charge in [-0.15, -0.1) is 0 Å². The van der Waals surface area contributed by atoms with Crippen LogP contribution in [0, 0.1) is 20.8 Å². The number of aromatic nitrogens is 2. The van der Waals surface area contributed by atoms with Crippen LogP contribution in [0.15, 0.2) is 48.5 Å². The molecule has 150 valence electrons. The molecular weight excluding hydrogens is 364 g/mol. The first-order chi connectivity index (χ1) is 13.8. The summed E-state index contributed by atoms with van der Waals surface area (Å²) < 4.78 is 0. The molecule has 1 aromatic heterocycles. The van der Waals surface area contributed by atoms with E-state index < -0.39 is 0 Å². The number of nitrogens with one attached hydrogen (secondary N) is 3. The lowest BCUT2D eigenvalue weighted by Crippen LogP contribution is -2.20. The van der Waals surface area contributed by atoms with Crippen LogP contribution in [0.25, 0.3) is 0 Å². The first kappa shape index (κ1) is 20.1. The number of carbonyl (C=O) groups excluding carboxylic acids is 1. The minimum Gasteiger partial charge on any atom is -0.363 e. The van der Waals surface area contributed by atoms with E-state index in [0.29, 0.717) is 11.6 Å². The Labute approximate surface area is 171 Å². The summed E-state index contributed by atoms with van der Waals surface area (Å²) in [5, 5.41) is 8.93. The Morgan fingerprint density at radius 2 is 1.59 bits per heavy atom. The highest BCUT2D eigenvalue weighted by molar-refractivity contribution is 6.00. The standard InChI is InChI=1S/C22H26N6O/c1-14-7-6-8-19(16(14)3)26-22(29)25-18-11-9-17(10-12-18)24-21-23-15(2)13-20(27-21)28(4)5/h6-13H,1-5H3,(H,23,24,27)(H2,25,26,29). The van der Waals surface area contributed by atoms with Gasteiger partial charge in [0.15, 0.2) is 0 Å². The van der Waals surface area contributed by atoms with Crippen molar-refractivity contribution in [1.82, 2.24) is 9.97 Å². The molecule has 0 aliphatic rings. The molecule has 2 aromatic carbocycles. The van der Waals surface area contributed by atoms with Gasteiger partial charge in [-0.25, -0.2) is 9.78 Å². The number of urea groups is 1. The number of nitrogens with zero attached hydrogens (tertiary/aromatic N) is 3. The summed E-state index contributed by atoms with van der Waals surface area (Å²) in [4.78, 5) is 23.1. The number of carbonyl (C=O) groups is 1. The van der Waals surface area contributed by atoms with Gasteiger partial charge in [0, 0.05) is 42.9 Å². The second-order valence-electron chi connectivity index (χ2n) is 7.11.